The smallest absolute Gasteiger partial charge is 0.341 e. The van der Waals surface area contributed by atoms with E-state index in [1.807, 2.05) is 6.92 Å². The summed E-state index contributed by atoms with van der Waals surface area (Å²) in [6.07, 6.45) is 3.83. The topological polar surface area (TPSA) is 115 Å². The molecule has 1 aliphatic carbocycles. The van der Waals surface area contributed by atoms with Crippen LogP contribution in [-0.2, 0) is 33.8 Å². The fourth-order valence-corrected chi connectivity index (χ4v) is 6.35. The van der Waals surface area contributed by atoms with Crippen LogP contribution in [0.25, 0.3) is 0 Å². The fourth-order valence-electron chi connectivity index (χ4n) is 4.04. The lowest BCUT2D eigenvalue weighted by molar-refractivity contribution is -0.136. The predicted molar refractivity (Wildman–Crippen MR) is 158 cm³/mol. The Morgan fingerprint density at radius 1 is 1.12 bits per heavy atom. The number of esters is 1. The number of hydrazone groups is 1. The predicted octanol–water partition coefficient (Wildman–Crippen LogP) is 6.16. The molecule has 40 heavy (non-hydrogen) atoms. The molecule has 4 rings (SSSR count). The monoisotopic (exact) mass is 667 g/mol. The molecule has 13 heteroatoms. The Hall–Kier alpha value is -3.12. The maximum Gasteiger partial charge on any atom is 0.341 e. The van der Waals surface area contributed by atoms with Gasteiger partial charge in [-0.05, 0) is 77.5 Å². The third-order valence-corrected chi connectivity index (χ3v) is 8.23. The van der Waals surface area contributed by atoms with Crippen LogP contribution < -0.4 is 20.2 Å². The normalized spacial score (nSPS) is 12.2. The Labute approximate surface area is 252 Å². The van der Waals surface area contributed by atoms with Crippen molar-refractivity contribution in [2.24, 2.45) is 5.10 Å². The van der Waals surface area contributed by atoms with Gasteiger partial charge in [0.15, 0.2) is 11.5 Å². The molecule has 2 aromatic carbocycles. The Morgan fingerprint density at radius 2 is 1.93 bits per heavy atom. The zero-order valence-electron chi connectivity index (χ0n) is 21.4. The van der Waals surface area contributed by atoms with Crippen LogP contribution in [0.15, 0.2) is 39.9 Å². The van der Waals surface area contributed by atoms with Crippen molar-refractivity contribution in [2.75, 3.05) is 19.0 Å². The summed E-state index contributed by atoms with van der Waals surface area (Å²) < 4.78 is 17.2. The molecule has 0 spiro atoms. The van der Waals surface area contributed by atoms with Gasteiger partial charge in [0, 0.05) is 20.5 Å². The first-order valence-electron chi connectivity index (χ1n) is 12.1. The second kappa shape index (κ2) is 13.5. The van der Waals surface area contributed by atoms with E-state index in [2.05, 4.69) is 31.8 Å². The molecule has 0 bridgehead atoms. The molecular formula is C27H24BrCl2N3O6S. The van der Waals surface area contributed by atoms with Crippen molar-refractivity contribution >= 4 is 79.5 Å². The summed E-state index contributed by atoms with van der Waals surface area (Å²) in [5, 5.41) is 7.71. The molecule has 3 aromatic rings. The first-order chi connectivity index (χ1) is 19.2. The number of nitrogens with zero attached hydrogens (tertiary/aromatic N) is 1. The number of rotatable bonds is 9. The largest absolute Gasteiger partial charge is 0.490 e. The van der Waals surface area contributed by atoms with Crippen LogP contribution in [0.4, 0.5) is 5.00 Å². The Morgan fingerprint density at radius 3 is 2.65 bits per heavy atom. The lowest BCUT2D eigenvalue weighted by atomic mass is 10.1. The summed E-state index contributed by atoms with van der Waals surface area (Å²) in [6, 6.07) is 8.54. The van der Waals surface area contributed by atoms with E-state index in [0.29, 0.717) is 48.8 Å². The van der Waals surface area contributed by atoms with Gasteiger partial charge in [0.1, 0.15) is 11.6 Å². The highest BCUT2D eigenvalue weighted by molar-refractivity contribution is 9.10. The van der Waals surface area contributed by atoms with Crippen molar-refractivity contribution < 1.29 is 28.6 Å². The second-order valence-electron chi connectivity index (χ2n) is 8.49. The number of aryl methyl sites for hydroxylation is 1. The summed E-state index contributed by atoms with van der Waals surface area (Å²) in [7, 11) is 1.28. The summed E-state index contributed by atoms with van der Waals surface area (Å²) in [5.41, 5.74) is 4.68. The van der Waals surface area contributed by atoms with Crippen LogP contribution in [0.3, 0.4) is 0 Å². The van der Waals surface area contributed by atoms with Gasteiger partial charge in [-0.1, -0.05) is 29.3 Å². The fraction of sp³-hybridized carbons (Fsp3) is 0.259. The summed E-state index contributed by atoms with van der Waals surface area (Å²) in [6.45, 7) is 2.39. The van der Waals surface area contributed by atoms with Crippen molar-refractivity contribution in [3.63, 3.8) is 0 Å². The Bertz CT molecular complexity index is 1490. The third-order valence-electron chi connectivity index (χ3n) is 5.84. The summed E-state index contributed by atoms with van der Waals surface area (Å²) in [4.78, 5) is 38.2. The van der Waals surface area contributed by atoms with Gasteiger partial charge in [0.05, 0.1) is 30.0 Å². The van der Waals surface area contributed by atoms with E-state index in [1.165, 1.54) is 24.7 Å². The van der Waals surface area contributed by atoms with Gasteiger partial charge in [0.2, 0.25) is 0 Å². The molecule has 0 saturated carbocycles. The first-order valence-corrected chi connectivity index (χ1v) is 14.5. The first kappa shape index (κ1) is 29.9. The number of carbonyl (C=O) groups is 3. The number of hydrogen-bond donors (Lipinski definition) is 2. The van der Waals surface area contributed by atoms with Crippen LogP contribution in [0.5, 0.6) is 11.5 Å². The minimum Gasteiger partial charge on any atom is -0.490 e. The van der Waals surface area contributed by atoms with Crippen LogP contribution in [0.2, 0.25) is 10.0 Å². The van der Waals surface area contributed by atoms with Crippen LogP contribution in [0, 0.1) is 0 Å². The highest BCUT2D eigenvalue weighted by Crippen LogP contribution is 2.40. The molecule has 1 aliphatic rings. The molecule has 0 fully saturated rings. The van der Waals surface area contributed by atoms with E-state index < -0.39 is 17.8 Å². The van der Waals surface area contributed by atoms with Gasteiger partial charge in [-0.2, -0.15) is 5.10 Å². The standard InChI is InChI=1S/C27H24BrCl2N3O6S/c1-3-38-20-10-14(9-18(28)23(20)39-13-15-7-8-16(29)11-19(15)30)12-31-33-25(35)24(34)32-26-22(27(36)37-2)17-5-4-6-21(17)40-26/h7-12H,3-6,13H2,1-2H3,(H,32,34)(H,33,35)/b31-12+. The molecule has 2 N–H and O–H groups in total. The van der Waals surface area contributed by atoms with Crippen molar-refractivity contribution in [1.82, 2.24) is 5.43 Å². The zero-order chi connectivity index (χ0) is 28.8. The lowest BCUT2D eigenvalue weighted by Crippen LogP contribution is -2.32. The van der Waals surface area contributed by atoms with Gasteiger partial charge >= 0.3 is 17.8 Å². The van der Waals surface area contributed by atoms with Gasteiger partial charge < -0.3 is 19.5 Å². The van der Waals surface area contributed by atoms with Crippen molar-refractivity contribution in [3.05, 3.63) is 72.0 Å². The number of ether oxygens (including phenoxy) is 3. The average molecular weight is 669 g/mol. The number of halogens is 3. The SMILES string of the molecule is CCOc1cc(/C=N/NC(=O)C(=O)Nc2sc3c(c2C(=O)OC)CCC3)cc(Br)c1OCc1ccc(Cl)cc1Cl. The third kappa shape index (κ3) is 6.95. The highest BCUT2D eigenvalue weighted by Gasteiger charge is 2.29. The van der Waals surface area contributed by atoms with Gasteiger partial charge in [-0.25, -0.2) is 10.2 Å². The van der Waals surface area contributed by atoms with E-state index in [-0.39, 0.29) is 6.61 Å². The summed E-state index contributed by atoms with van der Waals surface area (Å²) in [5.74, 6) is -1.61. The van der Waals surface area contributed by atoms with Crippen molar-refractivity contribution in [3.8, 4) is 11.5 Å². The molecular weight excluding hydrogens is 645 g/mol. The van der Waals surface area contributed by atoms with Gasteiger partial charge in [0.25, 0.3) is 0 Å². The number of thiophene rings is 1. The number of anilines is 1. The van der Waals surface area contributed by atoms with Crippen LogP contribution >= 0.6 is 50.5 Å². The highest BCUT2D eigenvalue weighted by atomic mass is 79.9. The number of methoxy groups -OCH3 is 1. The Balaban J connectivity index is 1.42. The van der Waals surface area contributed by atoms with E-state index in [4.69, 9.17) is 37.4 Å². The number of amides is 2. The number of fused-ring (bicyclic) bond motifs is 1. The van der Waals surface area contributed by atoms with Gasteiger partial charge in [-0.3, -0.25) is 9.59 Å². The molecule has 0 atom stereocenters. The molecule has 9 nitrogen and oxygen atoms in total. The maximum atomic E-state index is 12.5. The Kier molecular flexibility index (Phi) is 10.1. The molecule has 0 saturated heterocycles. The minimum absolute atomic E-state index is 0.179. The van der Waals surface area contributed by atoms with E-state index in [9.17, 15) is 14.4 Å². The average Bonchev–Trinajstić information content (AvgIpc) is 3.50. The second-order valence-corrected chi connectivity index (χ2v) is 11.3. The number of nitrogens with one attached hydrogen (secondary N) is 2. The molecule has 2 amide bonds. The zero-order valence-corrected chi connectivity index (χ0v) is 25.4. The summed E-state index contributed by atoms with van der Waals surface area (Å²) >= 11 is 17.0. The van der Waals surface area contributed by atoms with Crippen molar-refractivity contribution in [1.29, 1.82) is 0 Å². The van der Waals surface area contributed by atoms with E-state index in [0.717, 1.165) is 35.3 Å². The number of hydrogen-bond acceptors (Lipinski definition) is 8. The molecule has 0 unspecified atom stereocenters. The van der Waals surface area contributed by atoms with Gasteiger partial charge in [-0.15, -0.1) is 11.3 Å². The van der Waals surface area contributed by atoms with E-state index in [1.54, 1.807) is 30.3 Å². The van der Waals surface area contributed by atoms with Crippen LogP contribution in [-0.4, -0.2) is 37.7 Å². The minimum atomic E-state index is -0.996. The van der Waals surface area contributed by atoms with E-state index >= 15 is 0 Å². The van der Waals surface area contributed by atoms with Crippen LogP contribution in [0.1, 0.15) is 45.3 Å². The maximum absolute atomic E-state index is 12.5. The molecule has 210 valence electrons. The number of benzene rings is 2. The molecule has 0 aliphatic heterocycles. The molecule has 0 radical (unpaired) electrons. The molecule has 1 aromatic heterocycles. The quantitative estimate of drug-likeness (QED) is 0.122. The molecule has 1 heterocycles. The van der Waals surface area contributed by atoms with Crippen molar-refractivity contribution in [2.45, 2.75) is 32.8 Å². The number of carbonyl (C=O) groups excluding carboxylic acids is 3. The lowest BCUT2D eigenvalue weighted by Gasteiger charge is -2.15.